The molecule has 0 radical (unpaired) electrons. The molecule has 14 heteroatoms. The summed E-state index contributed by atoms with van der Waals surface area (Å²) in [7, 11) is -4.42. The Morgan fingerprint density at radius 2 is 1.62 bits per heavy atom. The lowest BCUT2D eigenvalue weighted by Gasteiger charge is -2.72. The molecule has 1 atom stereocenters. The van der Waals surface area contributed by atoms with Crippen LogP contribution in [0.5, 0.6) is 0 Å². The first-order valence-corrected chi connectivity index (χ1v) is 24.0. The molecular formula is C46H60N6O6S2. The van der Waals surface area contributed by atoms with Crippen LogP contribution in [-0.4, -0.2) is 106 Å². The molecule has 4 aliphatic carbocycles. The molecule has 9 rings (SSSR count). The highest BCUT2D eigenvalue weighted by Crippen LogP contribution is 2.77. The van der Waals surface area contributed by atoms with E-state index in [1.165, 1.54) is 50.7 Å². The standard InChI is InChI=1S/C46H60N6O6S2/c1-44(2)17-15-35(40(28-44)46-31-45(3,32-46)33-46)29-50-19-21-51(22-20-50)37-11-9-34(10-12-37)43(53)48-60(56,57)39-13-14-41(42(27-39)52(54)55)47-36(16-18-49-23-25-58-26-24-49)30-59-38-7-5-4-6-8-38/h4-14,27,36,47H,15-26,28-33H2,1-3H3,(H,48,53). The van der Waals surface area contributed by atoms with Gasteiger partial charge in [-0.05, 0) is 110 Å². The number of hydrogen-bond donors (Lipinski definition) is 2. The molecule has 3 aromatic rings. The van der Waals surface area contributed by atoms with Gasteiger partial charge in [-0.15, -0.1) is 11.8 Å². The van der Waals surface area contributed by atoms with Crippen molar-refractivity contribution in [2.75, 3.05) is 81.5 Å². The fraction of sp³-hybridized carbons (Fsp3) is 0.543. The van der Waals surface area contributed by atoms with E-state index in [2.05, 4.69) is 45.5 Å². The first-order valence-electron chi connectivity index (χ1n) is 21.6. The van der Waals surface area contributed by atoms with E-state index in [-0.39, 0.29) is 27.9 Å². The molecule has 3 aromatic carbocycles. The van der Waals surface area contributed by atoms with Crippen molar-refractivity contribution in [1.29, 1.82) is 0 Å². The van der Waals surface area contributed by atoms with Crippen LogP contribution in [0.3, 0.4) is 0 Å². The van der Waals surface area contributed by atoms with E-state index in [9.17, 15) is 23.3 Å². The third kappa shape index (κ3) is 9.73. The van der Waals surface area contributed by atoms with Crippen molar-refractivity contribution in [2.24, 2.45) is 16.2 Å². The average Bonchev–Trinajstić information content (AvgIpc) is 3.22. The van der Waals surface area contributed by atoms with Crippen LogP contribution in [0.2, 0.25) is 0 Å². The zero-order chi connectivity index (χ0) is 42.1. The van der Waals surface area contributed by atoms with Crippen molar-refractivity contribution in [3.8, 4) is 0 Å². The molecule has 322 valence electrons. The fourth-order valence-corrected chi connectivity index (χ4v) is 12.4. The van der Waals surface area contributed by atoms with Crippen LogP contribution >= 0.6 is 11.8 Å². The first kappa shape index (κ1) is 42.7. The van der Waals surface area contributed by atoms with Gasteiger partial charge < -0.3 is 15.0 Å². The Kier molecular flexibility index (Phi) is 12.4. The summed E-state index contributed by atoms with van der Waals surface area (Å²) in [4.78, 5) is 33.0. The third-order valence-electron chi connectivity index (χ3n) is 13.6. The van der Waals surface area contributed by atoms with Crippen molar-refractivity contribution in [1.82, 2.24) is 14.5 Å². The number of nitro groups is 1. The summed E-state index contributed by atoms with van der Waals surface area (Å²) < 4.78 is 34.6. The number of piperazine rings is 1. The molecule has 1 amide bonds. The number of sulfonamides is 1. The maximum atomic E-state index is 13.5. The van der Waals surface area contributed by atoms with Gasteiger partial charge in [0.1, 0.15) is 5.69 Å². The number of nitrogens with one attached hydrogen (secondary N) is 2. The Morgan fingerprint density at radius 1 is 0.917 bits per heavy atom. The molecule has 12 nitrogen and oxygen atoms in total. The summed E-state index contributed by atoms with van der Waals surface area (Å²) >= 11 is 1.65. The molecule has 2 saturated heterocycles. The molecule has 6 aliphatic rings. The predicted molar refractivity (Wildman–Crippen MR) is 238 cm³/mol. The molecule has 3 saturated carbocycles. The van der Waals surface area contributed by atoms with E-state index in [4.69, 9.17) is 4.74 Å². The van der Waals surface area contributed by atoms with Crippen LogP contribution in [-0.2, 0) is 14.8 Å². The normalized spacial score (nSPS) is 24.9. The second-order valence-corrected chi connectivity index (χ2v) is 21.7. The van der Waals surface area contributed by atoms with E-state index in [0.717, 1.165) is 75.4 Å². The number of anilines is 2. The zero-order valence-electron chi connectivity index (χ0n) is 35.3. The van der Waals surface area contributed by atoms with Gasteiger partial charge in [0.2, 0.25) is 0 Å². The summed E-state index contributed by atoms with van der Waals surface area (Å²) in [5.74, 6) is -0.149. The molecule has 0 aromatic heterocycles. The summed E-state index contributed by atoms with van der Waals surface area (Å²) in [6, 6.07) is 20.6. The lowest BCUT2D eigenvalue weighted by atomic mass is 9.33. The number of morpholine rings is 1. The highest BCUT2D eigenvalue weighted by Gasteiger charge is 2.66. The van der Waals surface area contributed by atoms with E-state index in [0.29, 0.717) is 35.2 Å². The van der Waals surface area contributed by atoms with E-state index < -0.39 is 20.9 Å². The topological polar surface area (TPSA) is 137 Å². The fourth-order valence-electron chi connectivity index (χ4n) is 10.4. The lowest BCUT2D eigenvalue weighted by molar-refractivity contribution is -0.384. The molecule has 60 heavy (non-hydrogen) atoms. The van der Waals surface area contributed by atoms with Crippen molar-refractivity contribution in [2.45, 2.75) is 81.5 Å². The van der Waals surface area contributed by atoms with Crippen molar-refractivity contribution in [3.63, 3.8) is 0 Å². The molecule has 0 spiro atoms. The number of amides is 1. The molecule has 2 heterocycles. The number of allylic oxidation sites excluding steroid dienone is 1. The number of ether oxygens (including phenoxy) is 1. The molecular weight excluding hydrogens is 797 g/mol. The maximum Gasteiger partial charge on any atom is 0.293 e. The van der Waals surface area contributed by atoms with Gasteiger partial charge >= 0.3 is 0 Å². The van der Waals surface area contributed by atoms with Crippen LogP contribution in [0.25, 0.3) is 0 Å². The number of thioether (sulfide) groups is 1. The van der Waals surface area contributed by atoms with Gasteiger partial charge in [-0.25, -0.2) is 13.1 Å². The summed E-state index contributed by atoms with van der Waals surface area (Å²) in [5, 5.41) is 15.7. The summed E-state index contributed by atoms with van der Waals surface area (Å²) in [5.41, 5.74) is 6.00. The Hall–Kier alpha value is -3.95. The number of rotatable bonds is 16. The highest BCUT2D eigenvalue weighted by atomic mass is 32.2. The number of carbonyl (C=O) groups is 1. The van der Waals surface area contributed by atoms with Gasteiger partial charge in [0.25, 0.3) is 21.6 Å². The minimum atomic E-state index is -4.42. The van der Waals surface area contributed by atoms with Crippen LogP contribution in [0.4, 0.5) is 17.1 Å². The van der Waals surface area contributed by atoms with E-state index in [1.54, 1.807) is 35.0 Å². The Bertz CT molecular complexity index is 2160. The predicted octanol–water partition coefficient (Wildman–Crippen LogP) is 7.83. The minimum absolute atomic E-state index is 0.142. The number of nitro benzene ring substituents is 1. The monoisotopic (exact) mass is 856 g/mol. The van der Waals surface area contributed by atoms with E-state index in [1.807, 2.05) is 42.5 Å². The van der Waals surface area contributed by atoms with Crippen LogP contribution < -0.4 is 14.9 Å². The van der Waals surface area contributed by atoms with Gasteiger partial charge in [0, 0.05) is 86.4 Å². The van der Waals surface area contributed by atoms with Gasteiger partial charge in [0.15, 0.2) is 0 Å². The minimum Gasteiger partial charge on any atom is -0.379 e. The number of benzene rings is 3. The Morgan fingerprint density at radius 3 is 2.28 bits per heavy atom. The second kappa shape index (κ2) is 17.4. The van der Waals surface area contributed by atoms with Gasteiger partial charge in [-0.2, -0.15) is 0 Å². The average molecular weight is 857 g/mol. The Balaban J connectivity index is 0.872. The Labute approximate surface area is 359 Å². The summed E-state index contributed by atoms with van der Waals surface area (Å²) in [6.45, 7) is 15.9. The van der Waals surface area contributed by atoms with Crippen molar-refractivity contribution < 1.29 is 22.9 Å². The van der Waals surface area contributed by atoms with Crippen LogP contribution in [0.1, 0.15) is 76.1 Å². The highest BCUT2D eigenvalue weighted by molar-refractivity contribution is 7.99. The van der Waals surface area contributed by atoms with Crippen LogP contribution in [0.15, 0.2) is 93.7 Å². The van der Waals surface area contributed by atoms with E-state index >= 15 is 0 Å². The molecule has 5 fully saturated rings. The molecule has 2 aliphatic heterocycles. The quantitative estimate of drug-likeness (QED) is 0.0632. The zero-order valence-corrected chi connectivity index (χ0v) is 36.9. The SMILES string of the molecule is CC1(C)CCC(CN2CCN(c3ccc(C(=O)NS(=O)(=O)c4ccc(NC(CCN5CCOCC5)CSc5ccccc5)c([N+](=O)[O-])c4)cc3)CC2)=C(C23CC(C)(C2)C3)C1. The smallest absolute Gasteiger partial charge is 0.293 e. The second-order valence-electron chi connectivity index (χ2n) is 18.9. The van der Waals surface area contributed by atoms with Crippen LogP contribution in [0, 0.1) is 26.4 Å². The number of hydrogen-bond acceptors (Lipinski definition) is 11. The molecule has 2 N–H and O–H groups in total. The molecule has 2 bridgehead atoms. The lowest BCUT2D eigenvalue weighted by Crippen LogP contribution is -2.61. The van der Waals surface area contributed by atoms with Gasteiger partial charge in [0.05, 0.1) is 23.0 Å². The van der Waals surface area contributed by atoms with Gasteiger partial charge in [-0.3, -0.25) is 24.7 Å². The number of carbonyl (C=O) groups excluding carboxylic acids is 1. The largest absolute Gasteiger partial charge is 0.379 e. The van der Waals surface area contributed by atoms with Crippen molar-refractivity contribution >= 4 is 44.8 Å². The number of nitrogens with zero attached hydrogens (tertiary/aromatic N) is 4. The first-order chi connectivity index (χ1) is 28.7. The van der Waals surface area contributed by atoms with Crippen molar-refractivity contribution in [3.05, 3.63) is 99.6 Å². The summed E-state index contributed by atoms with van der Waals surface area (Å²) in [6.07, 6.45) is 8.57. The third-order valence-corrected chi connectivity index (χ3v) is 16.1. The maximum absolute atomic E-state index is 13.5. The van der Waals surface area contributed by atoms with Gasteiger partial charge in [-0.1, -0.05) is 50.1 Å². The molecule has 1 unspecified atom stereocenters.